The Morgan fingerprint density at radius 1 is 0.909 bits per heavy atom. The van der Waals surface area contributed by atoms with Gasteiger partial charge in [-0.15, -0.1) is 0 Å². The first kappa shape index (κ1) is 21.2. The minimum atomic E-state index is -1.37. The maximum Gasteiger partial charge on any atom is 0.216 e. The van der Waals surface area contributed by atoms with Crippen LogP contribution in [-0.4, -0.2) is 8.07 Å². The highest BCUT2D eigenvalue weighted by molar-refractivity contribution is 6.88. The summed E-state index contributed by atoms with van der Waals surface area (Å²) in [5.41, 5.74) is 7.66. The normalized spacial score (nSPS) is 11.8. The van der Waals surface area contributed by atoms with E-state index in [0.29, 0.717) is 5.69 Å². The fourth-order valence-corrected chi connectivity index (χ4v) is 5.71. The first-order valence-electron chi connectivity index (χ1n) is 11.2. The molecule has 0 radical (unpaired) electrons. The Kier molecular flexibility index (Phi) is 4.95. The smallest absolute Gasteiger partial charge is 0.216 e. The summed E-state index contributed by atoms with van der Waals surface area (Å²) < 4.78 is 8.62. The van der Waals surface area contributed by atoms with Crippen molar-refractivity contribution in [2.24, 2.45) is 7.05 Å². The SMILES string of the molecule is [C-]#[N+]c1cc2c(cc1-c1ccc([Si](C)(C)C)cc1)oc1c(-c3cccc[n+]3C)c(C)ccc12. The molecule has 2 heterocycles. The van der Waals surface area contributed by atoms with E-state index in [4.69, 9.17) is 11.0 Å². The van der Waals surface area contributed by atoms with E-state index in [0.717, 1.165) is 49.9 Å². The molecule has 0 amide bonds. The third-order valence-corrected chi connectivity index (χ3v) is 8.52. The zero-order valence-corrected chi connectivity index (χ0v) is 20.7. The monoisotopic (exact) mass is 447 g/mol. The van der Waals surface area contributed by atoms with Gasteiger partial charge in [-0.1, -0.05) is 61.2 Å². The van der Waals surface area contributed by atoms with Gasteiger partial charge in [0.25, 0.3) is 0 Å². The lowest BCUT2D eigenvalue weighted by molar-refractivity contribution is -0.660. The molecule has 0 unspecified atom stereocenters. The lowest BCUT2D eigenvalue weighted by Crippen LogP contribution is -2.37. The van der Waals surface area contributed by atoms with Crippen LogP contribution in [0.25, 0.3) is 49.2 Å². The standard InChI is InChI=1S/C29H27N2OSi/c1-19-10-15-22-24-17-25(30-2)23(20-11-13-21(14-12-20)33(4,5)6)18-27(24)32-29(22)28(19)26-9-7-8-16-31(26)3/h7-18H,1,3-6H3/q+1. The number of pyridine rings is 1. The second-order valence-corrected chi connectivity index (χ2v) is 14.8. The molecule has 0 fully saturated rings. The molecule has 162 valence electrons. The molecule has 5 aromatic rings. The highest BCUT2D eigenvalue weighted by Crippen LogP contribution is 2.41. The molecule has 5 rings (SSSR count). The van der Waals surface area contributed by atoms with Crippen LogP contribution in [0.4, 0.5) is 5.69 Å². The molecule has 0 N–H and O–H groups in total. The maximum atomic E-state index is 7.85. The van der Waals surface area contributed by atoms with Crippen LogP contribution in [0.5, 0.6) is 0 Å². The quantitative estimate of drug-likeness (QED) is 0.163. The average molecular weight is 448 g/mol. The van der Waals surface area contributed by atoms with Crippen molar-refractivity contribution in [2.45, 2.75) is 26.6 Å². The predicted octanol–water partition coefficient (Wildman–Crippen LogP) is 7.15. The zero-order valence-electron chi connectivity index (χ0n) is 19.7. The first-order chi connectivity index (χ1) is 15.8. The van der Waals surface area contributed by atoms with Gasteiger partial charge in [-0.05, 0) is 41.8 Å². The first-order valence-corrected chi connectivity index (χ1v) is 14.7. The molecule has 4 heteroatoms. The highest BCUT2D eigenvalue weighted by Gasteiger charge is 2.21. The van der Waals surface area contributed by atoms with Crippen molar-refractivity contribution in [3.63, 3.8) is 0 Å². The van der Waals surface area contributed by atoms with Crippen molar-refractivity contribution in [3.05, 3.63) is 89.9 Å². The Balaban J connectivity index is 1.76. The van der Waals surface area contributed by atoms with Crippen LogP contribution in [-0.2, 0) is 7.05 Å². The largest absolute Gasteiger partial charge is 0.455 e. The summed E-state index contributed by atoms with van der Waals surface area (Å²) in [5, 5.41) is 3.44. The summed E-state index contributed by atoms with van der Waals surface area (Å²) >= 11 is 0. The van der Waals surface area contributed by atoms with Crippen LogP contribution >= 0.6 is 0 Å². The van der Waals surface area contributed by atoms with Crippen LogP contribution in [0.1, 0.15) is 5.56 Å². The van der Waals surface area contributed by atoms with E-state index in [1.165, 1.54) is 5.19 Å². The van der Waals surface area contributed by atoms with Crippen molar-refractivity contribution in [2.75, 3.05) is 0 Å². The van der Waals surface area contributed by atoms with E-state index in [1.807, 2.05) is 18.2 Å². The molecule has 33 heavy (non-hydrogen) atoms. The summed E-state index contributed by atoms with van der Waals surface area (Å²) in [6.07, 6.45) is 2.05. The van der Waals surface area contributed by atoms with Gasteiger partial charge in [0.2, 0.25) is 5.69 Å². The molecular formula is C29H27N2OSi+. The minimum absolute atomic E-state index is 0.651. The van der Waals surface area contributed by atoms with Gasteiger partial charge in [0.05, 0.1) is 20.2 Å². The molecule has 2 aromatic heterocycles. The number of hydrogen-bond donors (Lipinski definition) is 0. The van der Waals surface area contributed by atoms with Crippen LogP contribution in [0.3, 0.4) is 0 Å². The summed E-state index contributed by atoms with van der Waals surface area (Å²) in [7, 11) is 0.676. The van der Waals surface area contributed by atoms with Gasteiger partial charge in [-0.3, -0.25) is 0 Å². The van der Waals surface area contributed by atoms with Gasteiger partial charge in [0.15, 0.2) is 11.9 Å². The van der Waals surface area contributed by atoms with E-state index >= 15 is 0 Å². The van der Waals surface area contributed by atoms with Crippen molar-refractivity contribution in [3.8, 4) is 22.4 Å². The number of furan rings is 1. The van der Waals surface area contributed by atoms with E-state index in [-0.39, 0.29) is 0 Å². The molecule has 3 aromatic carbocycles. The number of hydrogen-bond acceptors (Lipinski definition) is 1. The van der Waals surface area contributed by atoms with E-state index < -0.39 is 8.07 Å². The number of fused-ring (bicyclic) bond motifs is 3. The van der Waals surface area contributed by atoms with Crippen molar-refractivity contribution in [1.82, 2.24) is 0 Å². The number of benzene rings is 3. The predicted molar refractivity (Wildman–Crippen MR) is 140 cm³/mol. The van der Waals surface area contributed by atoms with Gasteiger partial charge in [-0.25, -0.2) is 9.41 Å². The van der Waals surface area contributed by atoms with Gasteiger partial charge in [0.1, 0.15) is 18.2 Å². The van der Waals surface area contributed by atoms with Crippen LogP contribution in [0.2, 0.25) is 19.6 Å². The summed E-state index contributed by atoms with van der Waals surface area (Å²) in [6, 6.07) is 23.2. The number of aromatic nitrogens is 1. The van der Waals surface area contributed by atoms with Gasteiger partial charge >= 0.3 is 0 Å². The third-order valence-electron chi connectivity index (χ3n) is 6.46. The molecule has 3 nitrogen and oxygen atoms in total. The molecular weight excluding hydrogens is 420 g/mol. The highest BCUT2D eigenvalue weighted by atomic mass is 28.3. The summed E-state index contributed by atoms with van der Waals surface area (Å²) in [4.78, 5) is 3.88. The summed E-state index contributed by atoms with van der Waals surface area (Å²) in [6.45, 7) is 17.0. The lowest BCUT2D eigenvalue weighted by atomic mass is 9.98. The summed E-state index contributed by atoms with van der Waals surface area (Å²) in [5.74, 6) is 0. The zero-order chi connectivity index (χ0) is 23.3. The van der Waals surface area contributed by atoms with Crippen molar-refractivity contribution in [1.29, 1.82) is 0 Å². The molecule has 0 aliphatic heterocycles. The maximum absolute atomic E-state index is 7.85. The fourth-order valence-electron chi connectivity index (χ4n) is 4.55. The molecule has 0 spiro atoms. The Bertz CT molecular complexity index is 1560. The van der Waals surface area contributed by atoms with Gasteiger partial charge in [0, 0.05) is 22.9 Å². The molecule has 0 atom stereocenters. The molecule has 0 aliphatic carbocycles. The second-order valence-electron chi connectivity index (χ2n) is 9.74. The molecule has 0 bridgehead atoms. The Morgan fingerprint density at radius 3 is 2.33 bits per heavy atom. The Morgan fingerprint density at radius 2 is 1.67 bits per heavy atom. The Labute approximate surface area is 195 Å². The fraction of sp³-hybridized carbons (Fsp3) is 0.172. The second kappa shape index (κ2) is 7.72. The number of aryl methyl sites for hydroxylation is 2. The van der Waals surface area contributed by atoms with Crippen molar-refractivity contribution < 1.29 is 8.98 Å². The minimum Gasteiger partial charge on any atom is -0.455 e. The molecule has 0 saturated heterocycles. The third kappa shape index (κ3) is 3.55. The molecule has 0 saturated carbocycles. The van der Waals surface area contributed by atoms with Gasteiger partial charge in [-0.2, -0.15) is 0 Å². The number of nitrogens with zero attached hydrogens (tertiary/aromatic N) is 2. The lowest BCUT2D eigenvalue weighted by Gasteiger charge is -2.17. The number of rotatable bonds is 3. The van der Waals surface area contributed by atoms with E-state index in [1.54, 1.807) is 0 Å². The average Bonchev–Trinajstić information content (AvgIpc) is 3.15. The van der Waals surface area contributed by atoms with Crippen molar-refractivity contribution >= 4 is 40.9 Å². The van der Waals surface area contributed by atoms with E-state index in [2.05, 4.69) is 97.8 Å². The topological polar surface area (TPSA) is 21.4 Å². The van der Waals surface area contributed by atoms with Crippen LogP contribution in [0, 0.1) is 13.5 Å². The van der Waals surface area contributed by atoms with E-state index in [9.17, 15) is 0 Å². The molecule has 0 aliphatic rings. The van der Waals surface area contributed by atoms with Crippen LogP contribution < -0.4 is 9.75 Å². The Hall–Kier alpha value is -3.68. The van der Waals surface area contributed by atoms with Gasteiger partial charge < -0.3 is 4.42 Å². The van der Waals surface area contributed by atoms with Crippen LogP contribution in [0.15, 0.2) is 77.3 Å².